The van der Waals surface area contributed by atoms with Gasteiger partial charge in [-0.3, -0.25) is 4.98 Å². The molecule has 1 aliphatic rings. The van der Waals surface area contributed by atoms with Crippen molar-refractivity contribution in [2.75, 3.05) is 6.54 Å². The average Bonchev–Trinajstić information content (AvgIpc) is 2.83. The second-order valence-electron chi connectivity index (χ2n) is 5.08. The normalized spacial score (nSPS) is 19.6. The molecule has 0 amide bonds. The minimum Gasteiger partial charge on any atom is -0.314 e. The molecule has 0 bridgehead atoms. The SMILES string of the molecule is Cc1cc(CC2CCCN2)c2cc(Cl)ccc2n1. The van der Waals surface area contributed by atoms with Crippen molar-refractivity contribution < 1.29 is 0 Å². The van der Waals surface area contributed by atoms with Crippen molar-refractivity contribution in [3.63, 3.8) is 0 Å². The molecule has 1 unspecified atom stereocenters. The number of pyridine rings is 1. The molecular formula is C15H17ClN2. The van der Waals surface area contributed by atoms with E-state index in [2.05, 4.69) is 23.3 Å². The summed E-state index contributed by atoms with van der Waals surface area (Å²) in [7, 11) is 0. The number of aryl methyl sites for hydroxylation is 1. The van der Waals surface area contributed by atoms with Crippen LogP contribution in [-0.2, 0) is 6.42 Å². The molecule has 1 fully saturated rings. The fraction of sp³-hybridized carbons (Fsp3) is 0.400. The van der Waals surface area contributed by atoms with Crippen molar-refractivity contribution in [1.82, 2.24) is 10.3 Å². The number of nitrogens with zero attached hydrogens (tertiary/aromatic N) is 1. The van der Waals surface area contributed by atoms with Crippen LogP contribution in [0.25, 0.3) is 10.9 Å². The highest BCUT2D eigenvalue weighted by Gasteiger charge is 2.16. The summed E-state index contributed by atoms with van der Waals surface area (Å²) in [5.74, 6) is 0. The summed E-state index contributed by atoms with van der Waals surface area (Å²) in [6.45, 7) is 3.20. The van der Waals surface area contributed by atoms with Crippen LogP contribution in [0.4, 0.5) is 0 Å². The molecule has 1 saturated heterocycles. The molecule has 2 heterocycles. The third-order valence-corrected chi connectivity index (χ3v) is 3.85. The maximum atomic E-state index is 6.10. The highest BCUT2D eigenvalue weighted by atomic mass is 35.5. The molecule has 2 aromatic rings. The lowest BCUT2D eigenvalue weighted by molar-refractivity contribution is 0.604. The second kappa shape index (κ2) is 4.87. The summed E-state index contributed by atoms with van der Waals surface area (Å²) < 4.78 is 0. The lowest BCUT2D eigenvalue weighted by Crippen LogP contribution is -2.23. The standard InChI is InChI=1S/C15H17ClN2/c1-10-7-11(8-13-3-2-6-17-13)14-9-12(16)4-5-15(14)18-10/h4-5,7,9,13,17H,2-3,6,8H2,1H3. The molecular weight excluding hydrogens is 244 g/mol. The van der Waals surface area contributed by atoms with Crippen LogP contribution < -0.4 is 5.32 Å². The van der Waals surface area contributed by atoms with E-state index in [1.54, 1.807) is 0 Å². The van der Waals surface area contributed by atoms with Gasteiger partial charge in [0.15, 0.2) is 0 Å². The van der Waals surface area contributed by atoms with E-state index in [1.165, 1.54) is 23.8 Å². The summed E-state index contributed by atoms with van der Waals surface area (Å²) in [5, 5.41) is 5.53. The molecule has 1 aromatic carbocycles. The monoisotopic (exact) mass is 260 g/mol. The second-order valence-corrected chi connectivity index (χ2v) is 5.52. The zero-order valence-electron chi connectivity index (χ0n) is 10.5. The number of fused-ring (bicyclic) bond motifs is 1. The Labute approximate surface area is 112 Å². The predicted molar refractivity (Wildman–Crippen MR) is 76.2 cm³/mol. The van der Waals surface area contributed by atoms with E-state index in [4.69, 9.17) is 11.6 Å². The number of nitrogens with one attached hydrogen (secondary N) is 1. The molecule has 2 nitrogen and oxygen atoms in total. The zero-order valence-corrected chi connectivity index (χ0v) is 11.3. The van der Waals surface area contributed by atoms with Crippen LogP contribution in [0.5, 0.6) is 0 Å². The fourth-order valence-electron chi connectivity index (χ4n) is 2.78. The van der Waals surface area contributed by atoms with Gasteiger partial charge in [-0.05, 0) is 62.6 Å². The highest BCUT2D eigenvalue weighted by molar-refractivity contribution is 6.31. The highest BCUT2D eigenvalue weighted by Crippen LogP contribution is 2.24. The number of aromatic nitrogens is 1. The first-order chi connectivity index (χ1) is 8.72. The predicted octanol–water partition coefficient (Wildman–Crippen LogP) is 3.49. The van der Waals surface area contributed by atoms with Crippen LogP contribution in [-0.4, -0.2) is 17.6 Å². The third-order valence-electron chi connectivity index (χ3n) is 3.61. The molecule has 3 heteroatoms. The van der Waals surface area contributed by atoms with Crippen molar-refractivity contribution in [1.29, 1.82) is 0 Å². The Morgan fingerprint density at radius 2 is 2.28 bits per heavy atom. The van der Waals surface area contributed by atoms with E-state index >= 15 is 0 Å². The lowest BCUT2D eigenvalue weighted by Gasteiger charge is -2.13. The van der Waals surface area contributed by atoms with Crippen LogP contribution in [0.15, 0.2) is 24.3 Å². The Hall–Kier alpha value is -1.12. The van der Waals surface area contributed by atoms with Gasteiger partial charge in [0, 0.05) is 22.1 Å². The molecule has 3 rings (SSSR count). The van der Waals surface area contributed by atoms with E-state index in [-0.39, 0.29) is 0 Å². The van der Waals surface area contributed by atoms with Gasteiger partial charge in [-0.2, -0.15) is 0 Å². The van der Waals surface area contributed by atoms with Gasteiger partial charge >= 0.3 is 0 Å². The maximum absolute atomic E-state index is 6.10. The summed E-state index contributed by atoms with van der Waals surface area (Å²) >= 11 is 6.10. The summed E-state index contributed by atoms with van der Waals surface area (Å²) in [5.41, 5.74) is 3.49. The molecule has 0 aliphatic carbocycles. The molecule has 1 atom stereocenters. The van der Waals surface area contributed by atoms with Gasteiger partial charge in [0.1, 0.15) is 0 Å². The first-order valence-electron chi connectivity index (χ1n) is 6.51. The van der Waals surface area contributed by atoms with Gasteiger partial charge in [-0.15, -0.1) is 0 Å². The Bertz CT molecular complexity index is 574. The van der Waals surface area contributed by atoms with Crippen molar-refractivity contribution in [3.05, 3.63) is 40.5 Å². The molecule has 18 heavy (non-hydrogen) atoms. The van der Waals surface area contributed by atoms with E-state index < -0.39 is 0 Å². The minimum absolute atomic E-state index is 0.606. The van der Waals surface area contributed by atoms with Crippen molar-refractivity contribution in [2.24, 2.45) is 0 Å². The van der Waals surface area contributed by atoms with Crippen LogP contribution in [0.2, 0.25) is 5.02 Å². The van der Waals surface area contributed by atoms with Crippen LogP contribution in [0.1, 0.15) is 24.1 Å². The molecule has 0 saturated carbocycles. The Morgan fingerprint density at radius 1 is 1.39 bits per heavy atom. The molecule has 0 spiro atoms. The van der Waals surface area contributed by atoms with Crippen molar-refractivity contribution in [3.8, 4) is 0 Å². The summed E-state index contributed by atoms with van der Waals surface area (Å²) in [6.07, 6.45) is 3.62. The molecule has 1 aliphatic heterocycles. The smallest absolute Gasteiger partial charge is 0.0708 e. The molecule has 1 N–H and O–H groups in total. The summed E-state index contributed by atoms with van der Waals surface area (Å²) in [4.78, 5) is 4.57. The number of hydrogen-bond acceptors (Lipinski definition) is 2. The molecule has 0 radical (unpaired) electrons. The maximum Gasteiger partial charge on any atom is 0.0708 e. The van der Waals surface area contributed by atoms with Crippen LogP contribution in [0, 0.1) is 6.92 Å². The number of hydrogen-bond donors (Lipinski definition) is 1. The number of halogens is 1. The van der Waals surface area contributed by atoms with E-state index in [0.717, 1.165) is 29.2 Å². The summed E-state index contributed by atoms with van der Waals surface area (Å²) in [6, 6.07) is 8.75. The average molecular weight is 261 g/mol. The van der Waals surface area contributed by atoms with Gasteiger partial charge < -0.3 is 5.32 Å². The fourth-order valence-corrected chi connectivity index (χ4v) is 2.95. The van der Waals surface area contributed by atoms with E-state index in [9.17, 15) is 0 Å². The first kappa shape index (κ1) is 11.9. The van der Waals surface area contributed by atoms with Gasteiger partial charge in [0.05, 0.1) is 5.52 Å². The first-order valence-corrected chi connectivity index (χ1v) is 6.89. The van der Waals surface area contributed by atoms with Crippen LogP contribution >= 0.6 is 11.6 Å². The van der Waals surface area contributed by atoms with Crippen molar-refractivity contribution in [2.45, 2.75) is 32.2 Å². The lowest BCUT2D eigenvalue weighted by atomic mass is 10.00. The van der Waals surface area contributed by atoms with Gasteiger partial charge in [0.25, 0.3) is 0 Å². The quantitative estimate of drug-likeness (QED) is 0.894. The minimum atomic E-state index is 0.606. The van der Waals surface area contributed by atoms with Gasteiger partial charge in [0.2, 0.25) is 0 Å². The Morgan fingerprint density at radius 3 is 3.06 bits per heavy atom. The van der Waals surface area contributed by atoms with E-state index in [1.807, 2.05) is 18.2 Å². The third kappa shape index (κ3) is 2.36. The zero-order chi connectivity index (χ0) is 12.5. The Kier molecular flexibility index (Phi) is 3.23. The van der Waals surface area contributed by atoms with Gasteiger partial charge in [-0.1, -0.05) is 11.6 Å². The van der Waals surface area contributed by atoms with Crippen LogP contribution in [0.3, 0.4) is 0 Å². The van der Waals surface area contributed by atoms with Crippen molar-refractivity contribution >= 4 is 22.5 Å². The molecule has 1 aromatic heterocycles. The van der Waals surface area contributed by atoms with E-state index in [0.29, 0.717) is 6.04 Å². The van der Waals surface area contributed by atoms with Gasteiger partial charge in [-0.25, -0.2) is 0 Å². The largest absolute Gasteiger partial charge is 0.314 e. The molecule has 94 valence electrons. The topological polar surface area (TPSA) is 24.9 Å². The Balaban J connectivity index is 2.05. The number of benzene rings is 1. The number of rotatable bonds is 2.